The van der Waals surface area contributed by atoms with Crippen LogP contribution in [-0.2, 0) is 11.3 Å². The Labute approximate surface area is 97.8 Å². The minimum atomic E-state index is -0.967. The van der Waals surface area contributed by atoms with Crippen LogP contribution in [0.2, 0.25) is 0 Å². The van der Waals surface area contributed by atoms with Crippen LogP contribution in [0.25, 0.3) is 0 Å². The Kier molecular flexibility index (Phi) is 4.02. The number of nitrogens with zero attached hydrogens (tertiary/aromatic N) is 2. The Morgan fingerprint density at radius 1 is 1.53 bits per heavy atom. The number of amides is 2. The molecule has 0 saturated carbocycles. The molecule has 0 aromatic carbocycles. The number of hydrogen-bond donors (Lipinski definition) is 4. The Morgan fingerprint density at radius 2 is 2.24 bits per heavy atom. The van der Waals surface area contributed by atoms with E-state index in [1.54, 1.807) is 13.8 Å². The van der Waals surface area contributed by atoms with Gasteiger partial charge in [0.25, 0.3) is 0 Å². The van der Waals surface area contributed by atoms with E-state index in [1.165, 1.54) is 6.33 Å². The second-order valence-corrected chi connectivity index (χ2v) is 4.19. The van der Waals surface area contributed by atoms with Crippen LogP contribution < -0.4 is 10.6 Å². The number of carbonyl (C=O) groups is 2. The van der Waals surface area contributed by atoms with Crippen molar-refractivity contribution in [2.45, 2.75) is 32.4 Å². The first-order chi connectivity index (χ1) is 7.89. The van der Waals surface area contributed by atoms with E-state index in [2.05, 4.69) is 25.8 Å². The summed E-state index contributed by atoms with van der Waals surface area (Å²) in [5.41, 5.74) is -0.808. The normalized spacial score (nSPS) is 10.9. The first kappa shape index (κ1) is 12.9. The van der Waals surface area contributed by atoms with Gasteiger partial charge in [0.15, 0.2) is 0 Å². The predicted octanol–water partition coefficient (Wildman–Crippen LogP) is -0.143. The van der Waals surface area contributed by atoms with Crippen LogP contribution >= 0.6 is 0 Å². The van der Waals surface area contributed by atoms with Gasteiger partial charge in [-0.05, 0) is 13.8 Å². The third kappa shape index (κ3) is 4.96. The summed E-state index contributed by atoms with van der Waals surface area (Å²) < 4.78 is 0. The van der Waals surface area contributed by atoms with E-state index in [0.29, 0.717) is 5.82 Å². The van der Waals surface area contributed by atoms with Crippen molar-refractivity contribution in [3.63, 3.8) is 0 Å². The van der Waals surface area contributed by atoms with Gasteiger partial charge >= 0.3 is 12.0 Å². The van der Waals surface area contributed by atoms with E-state index in [4.69, 9.17) is 5.11 Å². The number of carbonyl (C=O) groups excluding carboxylic acids is 1. The summed E-state index contributed by atoms with van der Waals surface area (Å²) in [6, 6.07) is -0.451. The number of carboxylic acids is 1. The number of hydrogen-bond acceptors (Lipinski definition) is 4. The van der Waals surface area contributed by atoms with E-state index < -0.39 is 17.5 Å². The molecule has 8 heteroatoms. The van der Waals surface area contributed by atoms with Gasteiger partial charge in [-0.3, -0.25) is 9.89 Å². The fourth-order valence-corrected chi connectivity index (χ4v) is 1.25. The summed E-state index contributed by atoms with van der Waals surface area (Å²) in [6.45, 7) is 3.47. The maximum Gasteiger partial charge on any atom is 0.315 e. The van der Waals surface area contributed by atoms with Crippen LogP contribution in [0.1, 0.15) is 26.1 Å². The standard InChI is InChI=1S/C9H15N5O3/c1-9(2,3-7(15)16)13-8(17)10-4-6-11-5-12-14-6/h5H,3-4H2,1-2H3,(H,15,16)(H2,10,13,17)(H,11,12,14). The third-order valence-corrected chi connectivity index (χ3v) is 1.93. The molecule has 0 bridgehead atoms. The highest BCUT2D eigenvalue weighted by Crippen LogP contribution is 2.07. The maximum atomic E-state index is 11.5. The quantitative estimate of drug-likeness (QED) is 0.571. The van der Waals surface area contributed by atoms with Gasteiger partial charge in [0.2, 0.25) is 0 Å². The number of rotatable bonds is 5. The second kappa shape index (κ2) is 5.28. The summed E-state index contributed by atoms with van der Waals surface area (Å²) in [7, 11) is 0. The monoisotopic (exact) mass is 241 g/mol. The molecule has 8 nitrogen and oxygen atoms in total. The molecule has 0 radical (unpaired) electrons. The molecule has 0 aliphatic rings. The smallest absolute Gasteiger partial charge is 0.315 e. The van der Waals surface area contributed by atoms with Crippen molar-refractivity contribution in [1.29, 1.82) is 0 Å². The molecule has 1 heterocycles. The lowest BCUT2D eigenvalue weighted by Crippen LogP contribution is -2.49. The number of aromatic nitrogens is 3. The van der Waals surface area contributed by atoms with Crippen molar-refractivity contribution in [2.75, 3.05) is 0 Å². The first-order valence-electron chi connectivity index (χ1n) is 5.01. The van der Waals surface area contributed by atoms with E-state index in [9.17, 15) is 9.59 Å². The number of nitrogens with one attached hydrogen (secondary N) is 3. The van der Waals surface area contributed by atoms with Gasteiger partial charge in [-0.1, -0.05) is 0 Å². The summed E-state index contributed by atoms with van der Waals surface area (Å²) in [5, 5.41) is 20.0. The molecule has 0 saturated heterocycles. The van der Waals surface area contributed by atoms with E-state index >= 15 is 0 Å². The maximum absolute atomic E-state index is 11.5. The number of carboxylic acid groups (broad SMARTS) is 1. The van der Waals surface area contributed by atoms with Gasteiger partial charge in [-0.25, -0.2) is 9.78 Å². The van der Waals surface area contributed by atoms with Gasteiger partial charge in [-0.2, -0.15) is 5.10 Å². The first-order valence-corrected chi connectivity index (χ1v) is 5.01. The van der Waals surface area contributed by atoms with Gasteiger partial charge in [0.1, 0.15) is 12.2 Å². The second-order valence-electron chi connectivity index (χ2n) is 4.19. The lowest BCUT2D eigenvalue weighted by atomic mass is 10.0. The Hall–Kier alpha value is -2.12. The molecular formula is C9H15N5O3. The lowest BCUT2D eigenvalue weighted by molar-refractivity contribution is -0.138. The number of H-pyrrole nitrogens is 1. The number of urea groups is 1. The zero-order valence-corrected chi connectivity index (χ0v) is 9.65. The summed E-state index contributed by atoms with van der Waals surface area (Å²) in [4.78, 5) is 25.8. The molecule has 1 rings (SSSR count). The van der Waals surface area contributed by atoms with Crippen LogP contribution in [0.3, 0.4) is 0 Å². The lowest BCUT2D eigenvalue weighted by Gasteiger charge is -2.24. The van der Waals surface area contributed by atoms with E-state index in [1.807, 2.05) is 0 Å². The van der Waals surface area contributed by atoms with Crippen LogP contribution in [0.5, 0.6) is 0 Å². The molecule has 0 aliphatic heterocycles. The van der Waals surface area contributed by atoms with Crippen molar-refractivity contribution in [1.82, 2.24) is 25.8 Å². The SMILES string of the molecule is CC(C)(CC(=O)O)NC(=O)NCc1ncn[nH]1. The summed E-state index contributed by atoms with van der Waals surface area (Å²) >= 11 is 0. The highest BCUT2D eigenvalue weighted by atomic mass is 16.4. The number of aromatic amines is 1. The van der Waals surface area contributed by atoms with Gasteiger partial charge in [0, 0.05) is 5.54 Å². The molecule has 0 atom stereocenters. The fourth-order valence-electron chi connectivity index (χ4n) is 1.25. The molecule has 1 aromatic rings. The topological polar surface area (TPSA) is 120 Å². The van der Waals surface area contributed by atoms with Crippen molar-refractivity contribution in [3.8, 4) is 0 Å². The van der Waals surface area contributed by atoms with Crippen LogP contribution in [0, 0.1) is 0 Å². The van der Waals surface area contributed by atoms with Crippen molar-refractivity contribution in [3.05, 3.63) is 12.2 Å². The van der Waals surface area contributed by atoms with Crippen molar-refractivity contribution >= 4 is 12.0 Å². The molecule has 1 aromatic heterocycles. The largest absolute Gasteiger partial charge is 0.481 e. The minimum Gasteiger partial charge on any atom is -0.481 e. The van der Waals surface area contributed by atoms with Crippen LogP contribution in [0.15, 0.2) is 6.33 Å². The molecule has 0 spiro atoms. The molecule has 2 amide bonds. The van der Waals surface area contributed by atoms with Crippen LogP contribution in [-0.4, -0.2) is 37.8 Å². The third-order valence-electron chi connectivity index (χ3n) is 1.93. The fraction of sp³-hybridized carbons (Fsp3) is 0.556. The zero-order chi connectivity index (χ0) is 12.9. The predicted molar refractivity (Wildman–Crippen MR) is 58.1 cm³/mol. The van der Waals surface area contributed by atoms with Gasteiger partial charge in [-0.15, -0.1) is 0 Å². The molecule has 4 N–H and O–H groups in total. The Bertz CT molecular complexity index is 387. The molecule has 17 heavy (non-hydrogen) atoms. The highest BCUT2D eigenvalue weighted by molar-refractivity contribution is 5.76. The van der Waals surface area contributed by atoms with Crippen molar-refractivity contribution < 1.29 is 14.7 Å². The van der Waals surface area contributed by atoms with E-state index in [-0.39, 0.29) is 13.0 Å². The molecule has 94 valence electrons. The minimum absolute atomic E-state index is 0.150. The average molecular weight is 241 g/mol. The van der Waals surface area contributed by atoms with Gasteiger partial charge < -0.3 is 15.7 Å². The average Bonchev–Trinajstić information content (AvgIpc) is 2.63. The highest BCUT2D eigenvalue weighted by Gasteiger charge is 2.23. The Balaban J connectivity index is 2.36. The van der Waals surface area contributed by atoms with E-state index in [0.717, 1.165) is 0 Å². The van der Waals surface area contributed by atoms with Gasteiger partial charge in [0.05, 0.1) is 13.0 Å². The molecular weight excluding hydrogens is 226 g/mol. The molecule has 0 aliphatic carbocycles. The summed E-state index contributed by atoms with van der Waals surface area (Å²) in [5.74, 6) is -0.443. The number of aliphatic carboxylic acids is 1. The molecule has 0 unspecified atom stereocenters. The molecule has 0 fully saturated rings. The Morgan fingerprint density at radius 3 is 2.76 bits per heavy atom. The van der Waals surface area contributed by atoms with Crippen molar-refractivity contribution in [2.24, 2.45) is 0 Å². The summed E-state index contributed by atoms with van der Waals surface area (Å²) in [6.07, 6.45) is 1.19. The zero-order valence-electron chi connectivity index (χ0n) is 9.65. The van der Waals surface area contributed by atoms with Crippen LogP contribution in [0.4, 0.5) is 4.79 Å².